The molecule has 18 heavy (non-hydrogen) atoms. The van der Waals surface area contributed by atoms with Gasteiger partial charge < -0.3 is 9.47 Å². The Morgan fingerprint density at radius 2 is 2.17 bits per heavy atom. The van der Waals surface area contributed by atoms with Crippen LogP contribution in [-0.4, -0.2) is 23.7 Å². The smallest absolute Gasteiger partial charge is 0.421 e. The molecule has 1 unspecified atom stereocenters. The largest absolute Gasteiger partial charge is 0.463 e. The Kier molecular flexibility index (Phi) is 4.52. The predicted molar refractivity (Wildman–Crippen MR) is 56.0 cm³/mol. The van der Waals surface area contributed by atoms with Gasteiger partial charge in [0.25, 0.3) is 0 Å². The third-order valence-electron chi connectivity index (χ3n) is 1.98. The van der Waals surface area contributed by atoms with Crippen molar-refractivity contribution in [2.75, 3.05) is 6.61 Å². The second kappa shape index (κ2) is 5.70. The van der Waals surface area contributed by atoms with Gasteiger partial charge in [-0.2, -0.15) is 13.2 Å². The van der Waals surface area contributed by atoms with Crippen LogP contribution in [-0.2, 0) is 15.7 Å². The van der Waals surface area contributed by atoms with Crippen molar-refractivity contribution in [1.29, 1.82) is 0 Å². The fraction of sp³-hybridized carbons (Fsp3) is 0.455. The molecule has 0 fully saturated rings. The van der Waals surface area contributed by atoms with Gasteiger partial charge in [0.05, 0.1) is 6.61 Å². The Morgan fingerprint density at radius 3 is 2.72 bits per heavy atom. The summed E-state index contributed by atoms with van der Waals surface area (Å²) in [6.07, 6.45) is -4.58. The molecule has 7 heteroatoms. The van der Waals surface area contributed by atoms with E-state index < -0.39 is 29.7 Å². The summed E-state index contributed by atoms with van der Waals surface area (Å²) < 4.78 is 47.3. The summed E-state index contributed by atoms with van der Waals surface area (Å²) in [6, 6.07) is 1.98. The number of hydrogen-bond donors (Lipinski definition) is 0. The third-order valence-corrected chi connectivity index (χ3v) is 1.98. The number of pyridine rings is 1. The first kappa shape index (κ1) is 14.3. The van der Waals surface area contributed by atoms with Gasteiger partial charge in [-0.05, 0) is 26.0 Å². The Hall–Kier alpha value is -1.79. The van der Waals surface area contributed by atoms with Crippen molar-refractivity contribution in [3.63, 3.8) is 0 Å². The van der Waals surface area contributed by atoms with Crippen molar-refractivity contribution in [3.05, 3.63) is 23.9 Å². The van der Waals surface area contributed by atoms with Crippen LogP contribution in [0.3, 0.4) is 0 Å². The maximum absolute atomic E-state index is 12.6. The quantitative estimate of drug-likeness (QED) is 0.783. The minimum Gasteiger partial charge on any atom is -0.463 e. The van der Waals surface area contributed by atoms with Gasteiger partial charge in [-0.25, -0.2) is 9.78 Å². The van der Waals surface area contributed by atoms with E-state index in [1.165, 1.54) is 6.92 Å². The lowest BCUT2D eigenvalue weighted by Crippen LogP contribution is -2.27. The van der Waals surface area contributed by atoms with Crippen molar-refractivity contribution >= 4 is 5.97 Å². The number of carbonyl (C=O) groups excluding carboxylic acids is 1. The van der Waals surface area contributed by atoms with E-state index in [0.717, 1.165) is 18.3 Å². The van der Waals surface area contributed by atoms with E-state index in [1.54, 1.807) is 6.92 Å². The number of hydrogen-bond acceptors (Lipinski definition) is 4. The summed E-state index contributed by atoms with van der Waals surface area (Å²) in [7, 11) is 0. The van der Waals surface area contributed by atoms with Gasteiger partial charge in [0.2, 0.25) is 5.88 Å². The monoisotopic (exact) mass is 263 g/mol. The summed E-state index contributed by atoms with van der Waals surface area (Å²) in [5, 5.41) is 0. The highest BCUT2D eigenvalue weighted by atomic mass is 19.4. The summed E-state index contributed by atoms with van der Waals surface area (Å²) in [4.78, 5) is 14.7. The van der Waals surface area contributed by atoms with E-state index >= 15 is 0 Å². The van der Waals surface area contributed by atoms with Crippen LogP contribution < -0.4 is 4.74 Å². The van der Waals surface area contributed by atoms with Crippen LogP contribution in [0.5, 0.6) is 5.88 Å². The minimum atomic E-state index is -4.59. The first-order valence-corrected chi connectivity index (χ1v) is 5.21. The van der Waals surface area contributed by atoms with Gasteiger partial charge in [0.1, 0.15) is 5.56 Å². The molecule has 0 aromatic carbocycles. The van der Waals surface area contributed by atoms with E-state index in [4.69, 9.17) is 4.74 Å². The lowest BCUT2D eigenvalue weighted by Gasteiger charge is -2.16. The molecule has 4 nitrogen and oxygen atoms in total. The van der Waals surface area contributed by atoms with Gasteiger partial charge in [-0.1, -0.05) is 0 Å². The van der Waals surface area contributed by atoms with E-state index in [-0.39, 0.29) is 6.61 Å². The predicted octanol–water partition coefficient (Wildman–Crippen LogP) is 2.43. The van der Waals surface area contributed by atoms with Gasteiger partial charge >= 0.3 is 12.1 Å². The number of halogens is 3. The second-order valence-electron chi connectivity index (χ2n) is 3.37. The molecule has 0 saturated heterocycles. The van der Waals surface area contributed by atoms with Gasteiger partial charge in [0, 0.05) is 6.20 Å². The van der Waals surface area contributed by atoms with Crippen LogP contribution in [0.2, 0.25) is 0 Å². The molecular formula is C11H12F3NO3. The third kappa shape index (κ3) is 3.61. The van der Waals surface area contributed by atoms with Crippen LogP contribution in [0.15, 0.2) is 18.3 Å². The van der Waals surface area contributed by atoms with E-state index in [9.17, 15) is 18.0 Å². The second-order valence-corrected chi connectivity index (χ2v) is 3.37. The summed E-state index contributed by atoms with van der Waals surface area (Å²) in [5.41, 5.74) is -1.03. The van der Waals surface area contributed by atoms with Crippen molar-refractivity contribution < 1.29 is 27.4 Å². The first-order chi connectivity index (χ1) is 8.36. The highest BCUT2D eigenvalue weighted by Crippen LogP contribution is 2.34. The highest BCUT2D eigenvalue weighted by Gasteiger charge is 2.36. The molecule has 1 aromatic heterocycles. The standard InChI is InChI=1S/C11H12F3NO3/c1-3-17-10(16)7(2)18-9-8(11(12,13)14)5-4-6-15-9/h4-7H,3H2,1-2H3. The van der Waals surface area contributed by atoms with E-state index in [2.05, 4.69) is 9.72 Å². The Labute approximate surface area is 102 Å². The molecule has 1 atom stereocenters. The van der Waals surface area contributed by atoms with Crippen molar-refractivity contribution in [2.45, 2.75) is 26.1 Å². The molecule has 0 saturated carbocycles. The molecule has 1 aromatic rings. The Bertz CT molecular complexity index is 420. The zero-order valence-corrected chi connectivity index (χ0v) is 9.82. The van der Waals surface area contributed by atoms with Crippen LogP contribution in [0, 0.1) is 0 Å². The maximum atomic E-state index is 12.6. The number of aromatic nitrogens is 1. The number of ether oxygens (including phenoxy) is 2. The average molecular weight is 263 g/mol. The number of nitrogens with zero attached hydrogens (tertiary/aromatic N) is 1. The van der Waals surface area contributed by atoms with Gasteiger partial charge in [-0.3, -0.25) is 0 Å². The van der Waals surface area contributed by atoms with Crippen LogP contribution >= 0.6 is 0 Å². The number of esters is 1. The Balaban J connectivity index is 2.88. The first-order valence-electron chi connectivity index (χ1n) is 5.21. The molecule has 0 radical (unpaired) electrons. The van der Waals surface area contributed by atoms with Crippen molar-refractivity contribution in [1.82, 2.24) is 4.98 Å². The fourth-order valence-electron chi connectivity index (χ4n) is 1.18. The minimum absolute atomic E-state index is 0.126. The molecule has 0 amide bonds. The fourth-order valence-corrected chi connectivity index (χ4v) is 1.18. The van der Waals surface area contributed by atoms with Gasteiger partial charge in [-0.15, -0.1) is 0 Å². The number of alkyl halides is 3. The van der Waals surface area contributed by atoms with Crippen LogP contribution in [0.25, 0.3) is 0 Å². The number of rotatable bonds is 4. The molecule has 0 spiro atoms. The van der Waals surface area contributed by atoms with Crippen molar-refractivity contribution in [3.8, 4) is 5.88 Å². The molecule has 0 aliphatic rings. The molecule has 1 rings (SSSR count). The van der Waals surface area contributed by atoms with E-state index in [0.29, 0.717) is 0 Å². The van der Waals surface area contributed by atoms with E-state index in [1.807, 2.05) is 0 Å². The molecule has 1 heterocycles. The average Bonchev–Trinajstić information content (AvgIpc) is 2.28. The number of carbonyl (C=O) groups is 1. The molecule has 0 aliphatic carbocycles. The van der Waals surface area contributed by atoms with Gasteiger partial charge in [0.15, 0.2) is 6.10 Å². The lowest BCUT2D eigenvalue weighted by molar-refractivity contribution is -0.152. The highest BCUT2D eigenvalue weighted by molar-refractivity contribution is 5.74. The summed E-state index contributed by atoms with van der Waals surface area (Å²) >= 11 is 0. The topological polar surface area (TPSA) is 48.4 Å². The van der Waals surface area contributed by atoms with Crippen molar-refractivity contribution in [2.24, 2.45) is 0 Å². The molecule has 0 bridgehead atoms. The molecular weight excluding hydrogens is 251 g/mol. The SMILES string of the molecule is CCOC(=O)C(C)Oc1ncccc1C(F)(F)F. The molecule has 100 valence electrons. The summed E-state index contributed by atoms with van der Waals surface area (Å²) in [5.74, 6) is -1.37. The van der Waals surface area contributed by atoms with Crippen LogP contribution in [0.1, 0.15) is 19.4 Å². The molecule has 0 N–H and O–H groups in total. The zero-order valence-electron chi connectivity index (χ0n) is 9.82. The Morgan fingerprint density at radius 1 is 1.50 bits per heavy atom. The summed E-state index contributed by atoms with van der Waals surface area (Å²) in [6.45, 7) is 3.01. The zero-order chi connectivity index (χ0) is 13.8. The molecule has 0 aliphatic heterocycles. The normalized spacial score (nSPS) is 12.9. The lowest BCUT2D eigenvalue weighted by atomic mass is 10.2. The van der Waals surface area contributed by atoms with Crippen LogP contribution in [0.4, 0.5) is 13.2 Å². The maximum Gasteiger partial charge on any atom is 0.421 e.